The fourth-order valence-electron chi connectivity index (χ4n) is 4.67. The van der Waals surface area contributed by atoms with E-state index in [4.69, 9.17) is 0 Å². The summed E-state index contributed by atoms with van der Waals surface area (Å²) in [5.41, 5.74) is 3.06. The van der Waals surface area contributed by atoms with Crippen LogP contribution < -0.4 is 16.0 Å². The van der Waals surface area contributed by atoms with Crippen molar-refractivity contribution in [3.05, 3.63) is 59.7 Å². The molecule has 2 heterocycles. The van der Waals surface area contributed by atoms with Crippen molar-refractivity contribution in [1.29, 1.82) is 0 Å². The number of hydrogen-bond donors (Lipinski definition) is 4. The van der Waals surface area contributed by atoms with E-state index in [0.717, 1.165) is 22.5 Å². The van der Waals surface area contributed by atoms with Gasteiger partial charge in [-0.2, -0.15) is 0 Å². The average Bonchev–Trinajstić information content (AvgIpc) is 3.04. The van der Waals surface area contributed by atoms with Gasteiger partial charge in [0, 0.05) is 19.5 Å². The first kappa shape index (κ1) is 18.0. The van der Waals surface area contributed by atoms with Crippen LogP contribution in [0.3, 0.4) is 0 Å². The molecule has 1 fully saturated rings. The lowest BCUT2D eigenvalue weighted by atomic mass is 9.84. The molecule has 0 bridgehead atoms. The Balaban J connectivity index is 1.26. The average molecular weight is 392 g/mol. The molecule has 3 aliphatic rings. The number of nitrogens with zero attached hydrogens (tertiary/aromatic N) is 1. The Labute approximate surface area is 169 Å². The molecule has 2 aliphatic heterocycles. The van der Waals surface area contributed by atoms with E-state index >= 15 is 0 Å². The molecule has 0 radical (unpaired) electrons. The largest absolute Gasteiger partial charge is 0.390 e. The lowest BCUT2D eigenvalue weighted by Gasteiger charge is -2.44. The van der Waals surface area contributed by atoms with Crippen molar-refractivity contribution in [1.82, 2.24) is 10.2 Å². The number of rotatable bonds is 1. The standard InChI is InChI=1S/C22H24N4O3/c27-18-13-14-5-1-2-6-15(14)19(18)24-21(29)26-11-9-22(10-12-26)20(28)23-16-7-3-4-8-17(16)25-22/h1-8,18-19,25,27H,9-13H2,(H,23,28)(H,24,29)/t18-,19-/m1/s1. The van der Waals surface area contributed by atoms with Gasteiger partial charge in [-0.05, 0) is 36.1 Å². The van der Waals surface area contributed by atoms with Crippen LogP contribution in [-0.2, 0) is 11.2 Å². The summed E-state index contributed by atoms with van der Waals surface area (Å²) >= 11 is 0. The third kappa shape index (κ3) is 3.02. The molecule has 0 aromatic heterocycles. The number of fused-ring (bicyclic) bond motifs is 2. The fourth-order valence-corrected chi connectivity index (χ4v) is 4.67. The number of carbonyl (C=O) groups is 2. The number of carbonyl (C=O) groups excluding carboxylic acids is 2. The third-order valence-corrected chi connectivity index (χ3v) is 6.37. The van der Waals surface area contributed by atoms with Gasteiger partial charge in [-0.1, -0.05) is 36.4 Å². The maximum absolute atomic E-state index is 12.8. The molecule has 1 aliphatic carbocycles. The van der Waals surface area contributed by atoms with Crippen molar-refractivity contribution in [3.8, 4) is 0 Å². The summed E-state index contributed by atoms with van der Waals surface area (Å²) in [4.78, 5) is 27.3. The summed E-state index contributed by atoms with van der Waals surface area (Å²) in [6.45, 7) is 0.942. The Kier molecular flexibility index (Phi) is 4.20. The lowest BCUT2D eigenvalue weighted by molar-refractivity contribution is -0.121. The van der Waals surface area contributed by atoms with Gasteiger partial charge in [0.05, 0.1) is 23.5 Å². The van der Waals surface area contributed by atoms with Gasteiger partial charge in [-0.25, -0.2) is 4.79 Å². The van der Waals surface area contributed by atoms with Gasteiger partial charge >= 0.3 is 6.03 Å². The summed E-state index contributed by atoms with van der Waals surface area (Å²) in [6.07, 6.45) is 0.998. The van der Waals surface area contributed by atoms with Crippen LogP contribution >= 0.6 is 0 Å². The fraction of sp³-hybridized carbons (Fsp3) is 0.364. The van der Waals surface area contributed by atoms with Crippen LogP contribution in [0.15, 0.2) is 48.5 Å². The number of amides is 3. The second kappa shape index (κ2) is 6.77. The van der Waals surface area contributed by atoms with E-state index in [1.807, 2.05) is 48.5 Å². The van der Waals surface area contributed by atoms with Crippen molar-refractivity contribution in [2.24, 2.45) is 0 Å². The van der Waals surface area contributed by atoms with E-state index in [1.165, 1.54) is 0 Å². The number of urea groups is 1. The van der Waals surface area contributed by atoms with E-state index in [0.29, 0.717) is 32.4 Å². The minimum atomic E-state index is -0.690. The maximum Gasteiger partial charge on any atom is 0.317 e. The summed E-state index contributed by atoms with van der Waals surface area (Å²) in [5, 5.41) is 19.8. The first-order valence-corrected chi connectivity index (χ1v) is 10.1. The maximum atomic E-state index is 12.8. The predicted octanol–water partition coefficient (Wildman–Crippen LogP) is 2.25. The molecule has 1 saturated heterocycles. The van der Waals surface area contributed by atoms with Crippen LogP contribution in [0.2, 0.25) is 0 Å². The van der Waals surface area contributed by atoms with Crippen molar-refractivity contribution < 1.29 is 14.7 Å². The molecule has 29 heavy (non-hydrogen) atoms. The second-order valence-corrected chi connectivity index (χ2v) is 8.09. The monoisotopic (exact) mass is 392 g/mol. The van der Waals surface area contributed by atoms with Gasteiger partial charge in [0.2, 0.25) is 5.91 Å². The number of aliphatic hydroxyl groups excluding tert-OH is 1. The smallest absolute Gasteiger partial charge is 0.317 e. The molecule has 150 valence electrons. The van der Waals surface area contributed by atoms with Gasteiger partial charge < -0.3 is 26.0 Å². The van der Waals surface area contributed by atoms with Gasteiger partial charge in [0.1, 0.15) is 5.54 Å². The molecule has 0 unspecified atom stereocenters. The molecule has 3 amide bonds. The normalized spacial score (nSPS) is 24.3. The van der Waals surface area contributed by atoms with E-state index in [2.05, 4.69) is 16.0 Å². The molecule has 2 aromatic carbocycles. The SMILES string of the molecule is O=C(N[C@@H]1c2ccccc2C[C@H]1O)N1CCC2(CC1)Nc1ccccc1NC2=O. The van der Waals surface area contributed by atoms with E-state index < -0.39 is 17.7 Å². The Hall–Kier alpha value is -3.06. The minimum Gasteiger partial charge on any atom is -0.390 e. The highest BCUT2D eigenvalue weighted by atomic mass is 16.3. The molecular formula is C22H24N4O3. The minimum absolute atomic E-state index is 0.0450. The van der Waals surface area contributed by atoms with Crippen LogP contribution in [0.1, 0.15) is 30.0 Å². The van der Waals surface area contributed by atoms with Gasteiger partial charge in [0.15, 0.2) is 0 Å². The first-order valence-electron chi connectivity index (χ1n) is 10.1. The van der Waals surface area contributed by atoms with Gasteiger partial charge in [-0.15, -0.1) is 0 Å². The molecule has 1 spiro atoms. The van der Waals surface area contributed by atoms with Crippen LogP contribution in [0, 0.1) is 0 Å². The zero-order valence-corrected chi connectivity index (χ0v) is 16.0. The topological polar surface area (TPSA) is 93.7 Å². The number of para-hydroxylation sites is 2. The van der Waals surface area contributed by atoms with E-state index in [9.17, 15) is 14.7 Å². The number of hydrogen-bond acceptors (Lipinski definition) is 4. The van der Waals surface area contributed by atoms with E-state index in [-0.39, 0.29) is 11.9 Å². The highest BCUT2D eigenvalue weighted by molar-refractivity contribution is 6.06. The zero-order valence-electron chi connectivity index (χ0n) is 16.0. The number of likely N-dealkylation sites (tertiary alicyclic amines) is 1. The van der Waals surface area contributed by atoms with Crippen molar-refractivity contribution in [3.63, 3.8) is 0 Å². The summed E-state index contributed by atoms with van der Waals surface area (Å²) in [5.74, 6) is -0.0450. The number of aliphatic hydroxyl groups is 1. The highest BCUT2D eigenvalue weighted by Gasteiger charge is 2.45. The lowest BCUT2D eigenvalue weighted by Crippen LogP contribution is -2.60. The van der Waals surface area contributed by atoms with Crippen LogP contribution in [0.5, 0.6) is 0 Å². The van der Waals surface area contributed by atoms with Gasteiger partial charge in [-0.3, -0.25) is 4.79 Å². The number of benzene rings is 2. The Morgan fingerprint density at radius 1 is 1.07 bits per heavy atom. The quantitative estimate of drug-likeness (QED) is 0.599. The first-order chi connectivity index (χ1) is 14.1. The van der Waals surface area contributed by atoms with Crippen molar-refractivity contribution in [2.45, 2.75) is 36.9 Å². The molecule has 0 saturated carbocycles. The number of nitrogens with one attached hydrogen (secondary N) is 3. The molecule has 7 heteroatoms. The Morgan fingerprint density at radius 2 is 1.76 bits per heavy atom. The second-order valence-electron chi connectivity index (χ2n) is 8.09. The summed E-state index contributed by atoms with van der Waals surface area (Å²) in [7, 11) is 0. The molecular weight excluding hydrogens is 368 g/mol. The number of anilines is 2. The predicted molar refractivity (Wildman–Crippen MR) is 110 cm³/mol. The van der Waals surface area contributed by atoms with Crippen molar-refractivity contribution >= 4 is 23.3 Å². The van der Waals surface area contributed by atoms with Crippen molar-refractivity contribution in [2.75, 3.05) is 23.7 Å². The van der Waals surface area contributed by atoms with Crippen LogP contribution in [0.25, 0.3) is 0 Å². The zero-order chi connectivity index (χ0) is 20.0. The summed E-state index contributed by atoms with van der Waals surface area (Å²) in [6, 6.07) is 14.9. The molecule has 7 nitrogen and oxygen atoms in total. The number of piperidine rings is 1. The Morgan fingerprint density at radius 3 is 2.55 bits per heavy atom. The van der Waals surface area contributed by atoms with Crippen LogP contribution in [-0.4, -0.2) is 46.7 Å². The molecule has 4 N–H and O–H groups in total. The molecule has 2 aromatic rings. The summed E-state index contributed by atoms with van der Waals surface area (Å²) < 4.78 is 0. The highest BCUT2D eigenvalue weighted by Crippen LogP contribution is 2.36. The molecule has 2 atom stereocenters. The molecule has 5 rings (SSSR count). The van der Waals surface area contributed by atoms with Gasteiger partial charge in [0.25, 0.3) is 0 Å². The third-order valence-electron chi connectivity index (χ3n) is 6.37. The van der Waals surface area contributed by atoms with Crippen LogP contribution in [0.4, 0.5) is 16.2 Å². The Bertz CT molecular complexity index is 968. The van der Waals surface area contributed by atoms with E-state index in [1.54, 1.807) is 4.90 Å².